The van der Waals surface area contributed by atoms with Crippen LogP contribution in [0.25, 0.3) is 6.08 Å². The summed E-state index contributed by atoms with van der Waals surface area (Å²) in [6.45, 7) is 2.86. The van der Waals surface area contributed by atoms with E-state index in [2.05, 4.69) is 5.32 Å². The number of ether oxygens (including phenoxy) is 4. The molecule has 1 aliphatic heterocycles. The van der Waals surface area contributed by atoms with Gasteiger partial charge in [0.1, 0.15) is 18.8 Å². The van der Waals surface area contributed by atoms with Crippen LogP contribution in [0.1, 0.15) is 23.6 Å². The largest absolute Gasteiger partial charge is 0.493 e. The van der Waals surface area contributed by atoms with Gasteiger partial charge in [0.15, 0.2) is 23.0 Å². The van der Waals surface area contributed by atoms with Gasteiger partial charge in [0.25, 0.3) is 11.8 Å². The van der Waals surface area contributed by atoms with Crippen LogP contribution in [-0.4, -0.2) is 31.6 Å². The minimum Gasteiger partial charge on any atom is -0.493 e. The zero-order chi connectivity index (χ0) is 30.2. The van der Waals surface area contributed by atoms with E-state index >= 15 is 0 Å². The summed E-state index contributed by atoms with van der Waals surface area (Å²) >= 11 is 0. The van der Waals surface area contributed by atoms with Gasteiger partial charge in [-0.2, -0.15) is 0 Å². The lowest BCUT2D eigenvalue weighted by molar-refractivity contribution is -0.122. The second kappa shape index (κ2) is 13.4. The van der Waals surface area contributed by atoms with Gasteiger partial charge in [0.05, 0.1) is 19.4 Å². The van der Waals surface area contributed by atoms with Crippen molar-refractivity contribution in [3.63, 3.8) is 0 Å². The van der Waals surface area contributed by atoms with Gasteiger partial charge < -0.3 is 18.9 Å². The van der Waals surface area contributed by atoms with Crippen LogP contribution in [0, 0.1) is 0 Å². The van der Waals surface area contributed by atoms with E-state index in [0.717, 1.165) is 16.0 Å². The highest BCUT2D eigenvalue weighted by Gasteiger charge is 2.36. The van der Waals surface area contributed by atoms with Crippen molar-refractivity contribution in [3.05, 3.63) is 119 Å². The lowest BCUT2D eigenvalue weighted by atomic mass is 10.1. The van der Waals surface area contributed by atoms with Gasteiger partial charge in [0, 0.05) is 0 Å². The molecule has 1 fully saturated rings. The maximum Gasteiger partial charge on any atom is 0.335 e. The summed E-state index contributed by atoms with van der Waals surface area (Å²) < 4.78 is 23.4. The first-order valence-corrected chi connectivity index (χ1v) is 13.7. The van der Waals surface area contributed by atoms with Crippen molar-refractivity contribution >= 4 is 29.6 Å². The van der Waals surface area contributed by atoms with Gasteiger partial charge in [-0.25, -0.2) is 9.69 Å². The zero-order valence-corrected chi connectivity index (χ0v) is 23.7. The number of carbonyl (C=O) groups excluding carboxylic acids is 3. The molecule has 9 heteroatoms. The predicted molar refractivity (Wildman–Crippen MR) is 161 cm³/mol. The molecule has 9 nitrogen and oxygen atoms in total. The molecule has 1 saturated heterocycles. The number of methoxy groups -OCH3 is 1. The molecule has 0 unspecified atom stereocenters. The number of nitrogens with zero attached hydrogens (tertiary/aromatic N) is 1. The molecule has 4 aromatic carbocycles. The number of para-hydroxylation sites is 1. The average Bonchev–Trinajstić information content (AvgIpc) is 3.03. The minimum absolute atomic E-state index is 0.179. The van der Waals surface area contributed by atoms with E-state index in [1.807, 2.05) is 55.5 Å². The van der Waals surface area contributed by atoms with Crippen molar-refractivity contribution < 1.29 is 33.3 Å². The van der Waals surface area contributed by atoms with Crippen LogP contribution in [0.15, 0.2) is 103 Å². The average molecular weight is 579 g/mol. The number of barbiturate groups is 1. The summed E-state index contributed by atoms with van der Waals surface area (Å²) in [6.07, 6.45) is 1.42. The fourth-order valence-corrected chi connectivity index (χ4v) is 4.46. The zero-order valence-electron chi connectivity index (χ0n) is 23.7. The molecule has 0 saturated carbocycles. The topological polar surface area (TPSA) is 103 Å². The summed E-state index contributed by atoms with van der Waals surface area (Å²) in [5.74, 6) is 0.631. The van der Waals surface area contributed by atoms with Crippen LogP contribution in [0.2, 0.25) is 0 Å². The molecule has 5 rings (SSSR count). The fraction of sp³-hybridized carbons (Fsp3) is 0.147. The quantitative estimate of drug-likeness (QED) is 0.174. The SMILES string of the molecule is CCOc1cc(/C=C2/C(=O)NC(=O)N(c3ccccc3)C2=O)ccc1OCc1ccc(OCc2ccccc2)c(OC)c1. The van der Waals surface area contributed by atoms with E-state index in [1.54, 1.807) is 55.6 Å². The molecule has 0 aromatic heterocycles. The number of benzene rings is 4. The molecule has 218 valence electrons. The smallest absolute Gasteiger partial charge is 0.335 e. The Morgan fingerprint density at radius 3 is 2.05 bits per heavy atom. The first-order chi connectivity index (χ1) is 21.0. The third kappa shape index (κ3) is 6.84. The second-order valence-corrected chi connectivity index (χ2v) is 9.48. The molecular formula is C34H30N2O7. The van der Waals surface area contributed by atoms with Gasteiger partial charge in [-0.1, -0.05) is 60.7 Å². The summed E-state index contributed by atoms with van der Waals surface area (Å²) in [7, 11) is 1.59. The highest BCUT2D eigenvalue weighted by atomic mass is 16.5. The number of imide groups is 2. The van der Waals surface area contributed by atoms with Crippen LogP contribution in [0.3, 0.4) is 0 Å². The highest BCUT2D eigenvalue weighted by Crippen LogP contribution is 2.33. The Morgan fingerprint density at radius 2 is 1.35 bits per heavy atom. The summed E-state index contributed by atoms with van der Waals surface area (Å²) in [5.41, 5.74) is 2.61. The van der Waals surface area contributed by atoms with Crippen LogP contribution < -0.4 is 29.2 Å². The molecule has 0 aliphatic carbocycles. The van der Waals surface area contributed by atoms with Crippen LogP contribution in [-0.2, 0) is 22.8 Å². The van der Waals surface area contributed by atoms with Crippen molar-refractivity contribution in [2.45, 2.75) is 20.1 Å². The molecule has 0 spiro atoms. The monoisotopic (exact) mass is 578 g/mol. The van der Waals surface area contributed by atoms with Crippen LogP contribution in [0.4, 0.5) is 10.5 Å². The standard InChI is InChI=1S/C34H30N2O7/c1-3-41-31-19-24(18-27-32(37)35-34(39)36(33(27)38)26-12-8-5-9-13-26)14-16-29(31)43-22-25-15-17-28(30(20-25)40-2)42-21-23-10-6-4-7-11-23/h4-20H,3,21-22H2,1-2H3,(H,35,37,39)/b27-18-. The van der Waals surface area contributed by atoms with Crippen molar-refractivity contribution in [2.75, 3.05) is 18.6 Å². The van der Waals surface area contributed by atoms with E-state index < -0.39 is 17.8 Å². The number of anilines is 1. The Kier molecular flexibility index (Phi) is 9.02. The van der Waals surface area contributed by atoms with Crippen LogP contribution in [0.5, 0.6) is 23.0 Å². The third-order valence-corrected chi connectivity index (χ3v) is 6.55. The number of amides is 4. The molecule has 1 N–H and O–H groups in total. The Morgan fingerprint density at radius 1 is 0.698 bits per heavy atom. The molecule has 1 aliphatic rings. The Hall–Kier alpha value is -5.57. The predicted octanol–water partition coefficient (Wildman–Crippen LogP) is 5.92. The molecule has 1 heterocycles. The summed E-state index contributed by atoms with van der Waals surface area (Å²) in [5, 5.41) is 2.23. The minimum atomic E-state index is -0.801. The first kappa shape index (κ1) is 28.9. The Balaban J connectivity index is 1.31. The van der Waals surface area contributed by atoms with Crippen molar-refractivity contribution in [1.29, 1.82) is 0 Å². The number of carbonyl (C=O) groups is 3. The van der Waals surface area contributed by atoms with Gasteiger partial charge in [0.2, 0.25) is 0 Å². The van der Waals surface area contributed by atoms with Crippen molar-refractivity contribution in [2.24, 2.45) is 0 Å². The Labute approximate surface area is 249 Å². The van der Waals surface area contributed by atoms with E-state index in [0.29, 0.717) is 47.5 Å². The van der Waals surface area contributed by atoms with Crippen molar-refractivity contribution in [1.82, 2.24) is 5.32 Å². The van der Waals surface area contributed by atoms with Gasteiger partial charge in [-0.3, -0.25) is 14.9 Å². The van der Waals surface area contributed by atoms with E-state index in [1.165, 1.54) is 6.08 Å². The van der Waals surface area contributed by atoms with Gasteiger partial charge in [-0.15, -0.1) is 0 Å². The molecule has 0 bridgehead atoms. The normalized spacial score (nSPS) is 14.0. The molecule has 43 heavy (non-hydrogen) atoms. The van der Waals surface area contributed by atoms with Crippen molar-refractivity contribution in [3.8, 4) is 23.0 Å². The van der Waals surface area contributed by atoms with E-state index in [9.17, 15) is 14.4 Å². The van der Waals surface area contributed by atoms with E-state index in [-0.39, 0.29) is 12.2 Å². The summed E-state index contributed by atoms with van der Waals surface area (Å²) in [4.78, 5) is 39.1. The van der Waals surface area contributed by atoms with E-state index in [4.69, 9.17) is 18.9 Å². The number of urea groups is 1. The lowest BCUT2D eigenvalue weighted by Gasteiger charge is -2.26. The maximum absolute atomic E-state index is 13.2. The lowest BCUT2D eigenvalue weighted by Crippen LogP contribution is -2.54. The second-order valence-electron chi connectivity index (χ2n) is 9.48. The molecular weight excluding hydrogens is 548 g/mol. The molecule has 0 radical (unpaired) electrons. The first-order valence-electron chi connectivity index (χ1n) is 13.7. The third-order valence-electron chi connectivity index (χ3n) is 6.55. The number of hydrogen-bond donors (Lipinski definition) is 1. The Bertz CT molecular complexity index is 1650. The fourth-order valence-electron chi connectivity index (χ4n) is 4.46. The molecule has 4 aromatic rings. The van der Waals surface area contributed by atoms with Crippen LogP contribution >= 0.6 is 0 Å². The summed E-state index contributed by atoms with van der Waals surface area (Å²) in [6, 6.07) is 28.2. The number of rotatable bonds is 11. The maximum atomic E-state index is 13.2. The molecule has 4 amide bonds. The number of nitrogens with one attached hydrogen (secondary N) is 1. The van der Waals surface area contributed by atoms with Gasteiger partial charge >= 0.3 is 6.03 Å². The highest BCUT2D eigenvalue weighted by molar-refractivity contribution is 6.39. The molecule has 0 atom stereocenters. The number of hydrogen-bond acceptors (Lipinski definition) is 7. The van der Waals surface area contributed by atoms with Gasteiger partial charge in [-0.05, 0) is 66.1 Å².